The van der Waals surface area contributed by atoms with Crippen LogP contribution in [0.1, 0.15) is 46.5 Å². The van der Waals surface area contributed by atoms with Crippen LogP contribution in [0.5, 0.6) is 0 Å². The number of nitrogens with zero attached hydrogens (tertiary/aromatic N) is 1. The maximum atomic E-state index is 11.5. The lowest BCUT2D eigenvalue weighted by molar-refractivity contribution is 0.00846. The molecule has 4 nitrogen and oxygen atoms in total. The summed E-state index contributed by atoms with van der Waals surface area (Å²) < 4.78 is 0. The first-order valence-corrected chi connectivity index (χ1v) is 6.50. The Morgan fingerprint density at radius 2 is 1.88 bits per heavy atom. The quantitative estimate of drug-likeness (QED) is 0.684. The van der Waals surface area contributed by atoms with Crippen molar-refractivity contribution in [3.63, 3.8) is 0 Å². The van der Waals surface area contributed by atoms with Gasteiger partial charge in [-0.1, -0.05) is 20.8 Å². The number of hydrogen-bond donors (Lipinski definition) is 2. The molecular formula is C13H23NO3. The van der Waals surface area contributed by atoms with Gasteiger partial charge >= 0.3 is 6.09 Å². The molecule has 0 radical (unpaired) electrons. The van der Waals surface area contributed by atoms with E-state index in [1.54, 1.807) is 4.90 Å². The molecular weight excluding hydrogens is 218 g/mol. The van der Waals surface area contributed by atoms with Crippen LogP contribution in [0, 0.1) is 11.3 Å². The molecule has 1 heterocycles. The van der Waals surface area contributed by atoms with Gasteiger partial charge in [-0.3, -0.25) is 0 Å². The van der Waals surface area contributed by atoms with Crippen molar-refractivity contribution in [1.82, 2.24) is 4.90 Å². The SMILES string of the molecule is CC(C)(C)C1CCC2CC(O)CC2N1C(=O)O. The topological polar surface area (TPSA) is 60.8 Å². The van der Waals surface area contributed by atoms with E-state index in [4.69, 9.17) is 0 Å². The van der Waals surface area contributed by atoms with Gasteiger partial charge in [-0.05, 0) is 37.0 Å². The maximum Gasteiger partial charge on any atom is 0.407 e. The van der Waals surface area contributed by atoms with Gasteiger partial charge in [0, 0.05) is 12.1 Å². The van der Waals surface area contributed by atoms with E-state index in [0.29, 0.717) is 12.3 Å². The van der Waals surface area contributed by atoms with Crippen LogP contribution in [0.25, 0.3) is 0 Å². The number of aliphatic hydroxyl groups excluding tert-OH is 1. The average Bonchev–Trinajstić information content (AvgIpc) is 2.53. The second-order valence-electron chi connectivity index (χ2n) is 6.60. The number of hydrogen-bond acceptors (Lipinski definition) is 2. The second kappa shape index (κ2) is 4.16. The van der Waals surface area contributed by atoms with Crippen molar-refractivity contribution >= 4 is 6.09 Å². The van der Waals surface area contributed by atoms with Crippen LogP contribution in [-0.4, -0.2) is 39.4 Å². The minimum atomic E-state index is -0.825. The minimum absolute atomic E-state index is 0.0282. The van der Waals surface area contributed by atoms with Crippen LogP contribution < -0.4 is 0 Å². The molecule has 4 unspecified atom stereocenters. The monoisotopic (exact) mass is 241 g/mol. The fourth-order valence-corrected chi connectivity index (χ4v) is 3.59. The Balaban J connectivity index is 2.24. The van der Waals surface area contributed by atoms with Crippen LogP contribution in [-0.2, 0) is 0 Å². The lowest BCUT2D eigenvalue weighted by atomic mass is 9.76. The molecule has 2 rings (SSSR count). The Morgan fingerprint density at radius 1 is 1.24 bits per heavy atom. The van der Waals surface area contributed by atoms with Crippen LogP contribution in [0.2, 0.25) is 0 Å². The highest BCUT2D eigenvalue weighted by Gasteiger charge is 2.48. The summed E-state index contributed by atoms with van der Waals surface area (Å²) in [6, 6.07) is 0.104. The summed E-state index contributed by atoms with van der Waals surface area (Å²) in [5.74, 6) is 0.361. The second-order valence-corrected chi connectivity index (χ2v) is 6.60. The summed E-state index contributed by atoms with van der Waals surface area (Å²) in [6.45, 7) is 6.29. The van der Waals surface area contributed by atoms with Crippen molar-refractivity contribution in [3.8, 4) is 0 Å². The summed E-state index contributed by atoms with van der Waals surface area (Å²) >= 11 is 0. The molecule has 2 aliphatic rings. The summed E-state index contributed by atoms with van der Waals surface area (Å²) in [5.41, 5.74) is -0.0309. The van der Waals surface area contributed by atoms with Gasteiger partial charge in [-0.25, -0.2) is 4.79 Å². The lowest BCUT2D eigenvalue weighted by Crippen LogP contribution is -2.56. The van der Waals surface area contributed by atoms with E-state index >= 15 is 0 Å². The van der Waals surface area contributed by atoms with Gasteiger partial charge in [0.1, 0.15) is 0 Å². The lowest BCUT2D eigenvalue weighted by Gasteiger charge is -2.47. The molecule has 0 aromatic heterocycles. The molecule has 2 fully saturated rings. The van der Waals surface area contributed by atoms with Crippen LogP contribution in [0.3, 0.4) is 0 Å². The summed E-state index contributed by atoms with van der Waals surface area (Å²) in [6.07, 6.45) is 2.21. The van der Waals surface area contributed by atoms with Gasteiger partial charge in [0.2, 0.25) is 0 Å². The molecule has 1 aliphatic heterocycles. The van der Waals surface area contributed by atoms with Crippen molar-refractivity contribution in [2.45, 2.75) is 64.6 Å². The Bertz CT molecular complexity index is 310. The minimum Gasteiger partial charge on any atom is -0.465 e. The fourth-order valence-electron chi connectivity index (χ4n) is 3.59. The van der Waals surface area contributed by atoms with Gasteiger partial charge in [-0.2, -0.15) is 0 Å². The van der Waals surface area contributed by atoms with Crippen LogP contribution >= 0.6 is 0 Å². The van der Waals surface area contributed by atoms with Crippen molar-refractivity contribution in [2.24, 2.45) is 11.3 Å². The van der Waals surface area contributed by atoms with Gasteiger partial charge in [-0.15, -0.1) is 0 Å². The third kappa shape index (κ3) is 2.28. The van der Waals surface area contributed by atoms with E-state index in [9.17, 15) is 15.0 Å². The van der Waals surface area contributed by atoms with Gasteiger partial charge in [0.25, 0.3) is 0 Å². The first kappa shape index (κ1) is 12.7. The number of fused-ring (bicyclic) bond motifs is 1. The van der Waals surface area contributed by atoms with Crippen molar-refractivity contribution < 1.29 is 15.0 Å². The van der Waals surface area contributed by atoms with E-state index in [-0.39, 0.29) is 23.6 Å². The number of amides is 1. The van der Waals surface area contributed by atoms with E-state index < -0.39 is 6.09 Å². The van der Waals surface area contributed by atoms with Gasteiger partial charge in [0.15, 0.2) is 0 Å². The highest BCUT2D eigenvalue weighted by Crippen LogP contribution is 2.43. The van der Waals surface area contributed by atoms with E-state index in [1.165, 1.54) is 0 Å². The zero-order valence-electron chi connectivity index (χ0n) is 10.9. The third-order valence-electron chi connectivity index (χ3n) is 4.36. The molecule has 0 bridgehead atoms. The molecule has 0 aromatic rings. The predicted molar refractivity (Wildman–Crippen MR) is 64.9 cm³/mol. The number of carbonyl (C=O) groups is 1. The van der Waals surface area contributed by atoms with E-state index in [0.717, 1.165) is 19.3 Å². The van der Waals surface area contributed by atoms with Crippen LogP contribution in [0.4, 0.5) is 4.79 Å². The highest BCUT2D eigenvalue weighted by molar-refractivity contribution is 5.66. The molecule has 1 aliphatic carbocycles. The molecule has 4 heteroatoms. The first-order chi connectivity index (χ1) is 7.80. The Morgan fingerprint density at radius 3 is 2.41 bits per heavy atom. The normalized spacial score (nSPS) is 38.0. The van der Waals surface area contributed by atoms with Gasteiger partial charge in [0.05, 0.1) is 6.10 Å². The fraction of sp³-hybridized carbons (Fsp3) is 0.923. The smallest absolute Gasteiger partial charge is 0.407 e. The summed E-state index contributed by atoms with van der Waals surface area (Å²) in [4.78, 5) is 13.1. The number of rotatable bonds is 0. The molecule has 0 spiro atoms. The number of likely N-dealkylation sites (tertiary alicyclic amines) is 1. The standard InChI is InChI=1S/C13H23NO3/c1-13(2,3)11-5-4-8-6-9(15)7-10(8)14(11)12(16)17/h8-11,15H,4-7H2,1-3H3,(H,16,17). The van der Waals surface area contributed by atoms with Crippen molar-refractivity contribution in [1.29, 1.82) is 0 Å². The Kier molecular flexibility index (Phi) is 3.10. The zero-order chi connectivity index (χ0) is 12.8. The van der Waals surface area contributed by atoms with E-state index in [2.05, 4.69) is 20.8 Å². The van der Waals surface area contributed by atoms with Crippen LogP contribution in [0.15, 0.2) is 0 Å². The average molecular weight is 241 g/mol. The molecule has 98 valence electrons. The molecule has 1 saturated carbocycles. The number of piperidine rings is 1. The van der Waals surface area contributed by atoms with Crippen molar-refractivity contribution in [3.05, 3.63) is 0 Å². The number of carboxylic acid groups (broad SMARTS) is 1. The predicted octanol–water partition coefficient (Wildman–Crippen LogP) is 2.31. The summed E-state index contributed by atoms with van der Waals surface area (Å²) in [7, 11) is 0. The largest absolute Gasteiger partial charge is 0.465 e. The molecule has 4 atom stereocenters. The van der Waals surface area contributed by atoms with Crippen molar-refractivity contribution in [2.75, 3.05) is 0 Å². The summed E-state index contributed by atoms with van der Waals surface area (Å²) in [5, 5.41) is 19.2. The molecule has 2 N–H and O–H groups in total. The Labute approximate surface area is 103 Å². The van der Waals surface area contributed by atoms with E-state index in [1.807, 2.05) is 0 Å². The molecule has 1 amide bonds. The third-order valence-corrected chi connectivity index (χ3v) is 4.36. The molecule has 1 saturated heterocycles. The maximum absolute atomic E-state index is 11.5. The number of aliphatic hydroxyl groups is 1. The highest BCUT2D eigenvalue weighted by atomic mass is 16.4. The molecule has 17 heavy (non-hydrogen) atoms. The van der Waals surface area contributed by atoms with Gasteiger partial charge < -0.3 is 15.1 Å². The first-order valence-electron chi connectivity index (χ1n) is 6.50. The Hall–Kier alpha value is -0.770. The molecule has 0 aromatic carbocycles. The zero-order valence-corrected chi connectivity index (χ0v) is 10.9.